The maximum absolute atomic E-state index is 12.0. The maximum Gasteiger partial charge on any atom is 0.252 e. The summed E-state index contributed by atoms with van der Waals surface area (Å²) in [6.07, 6.45) is 9.18. The number of hydrogen-bond acceptors (Lipinski definition) is 4. The lowest BCUT2D eigenvalue weighted by molar-refractivity contribution is 0.0932. The van der Waals surface area contributed by atoms with E-state index in [4.69, 9.17) is 0 Å². The zero-order chi connectivity index (χ0) is 14.9. The molecule has 1 atom stereocenters. The van der Waals surface area contributed by atoms with Gasteiger partial charge in [-0.1, -0.05) is 0 Å². The van der Waals surface area contributed by atoms with Crippen LogP contribution in [0, 0.1) is 5.92 Å². The van der Waals surface area contributed by atoms with Crippen molar-refractivity contribution in [3.05, 3.63) is 30.1 Å². The largest absolute Gasteiger partial charge is 0.352 e. The molecular formula is C16H25N3OS. The minimum atomic E-state index is -0.0115. The number of thioether (sulfide) groups is 1. The molecule has 0 spiro atoms. The predicted octanol–water partition coefficient (Wildman–Crippen LogP) is 2.28. The number of carbonyl (C=O) groups is 1. The number of aromatic nitrogens is 1. The molecule has 0 radical (unpaired) electrons. The summed E-state index contributed by atoms with van der Waals surface area (Å²) in [5, 5.41) is 3.05. The van der Waals surface area contributed by atoms with E-state index in [-0.39, 0.29) is 5.91 Å². The van der Waals surface area contributed by atoms with Gasteiger partial charge in [0.15, 0.2) is 0 Å². The zero-order valence-corrected chi connectivity index (χ0v) is 13.6. The number of likely N-dealkylation sites (tertiary alicyclic amines) is 1. The van der Waals surface area contributed by atoms with Crippen molar-refractivity contribution in [3.8, 4) is 0 Å². The molecule has 1 aromatic heterocycles. The minimum Gasteiger partial charge on any atom is -0.352 e. The molecule has 5 heteroatoms. The Morgan fingerprint density at radius 1 is 1.57 bits per heavy atom. The molecular weight excluding hydrogens is 282 g/mol. The van der Waals surface area contributed by atoms with Crippen LogP contribution < -0.4 is 5.32 Å². The van der Waals surface area contributed by atoms with E-state index < -0.39 is 0 Å². The van der Waals surface area contributed by atoms with E-state index >= 15 is 0 Å². The van der Waals surface area contributed by atoms with Crippen molar-refractivity contribution >= 4 is 17.7 Å². The van der Waals surface area contributed by atoms with Crippen LogP contribution in [0.4, 0.5) is 0 Å². The van der Waals surface area contributed by atoms with Gasteiger partial charge in [-0.15, -0.1) is 0 Å². The topological polar surface area (TPSA) is 45.2 Å². The lowest BCUT2D eigenvalue weighted by Gasteiger charge is -2.32. The van der Waals surface area contributed by atoms with E-state index in [2.05, 4.69) is 21.5 Å². The van der Waals surface area contributed by atoms with Crippen molar-refractivity contribution in [1.29, 1.82) is 0 Å². The van der Waals surface area contributed by atoms with Crippen LogP contribution in [-0.2, 0) is 0 Å². The first-order valence-electron chi connectivity index (χ1n) is 7.69. The molecule has 1 amide bonds. The highest BCUT2D eigenvalue weighted by Gasteiger charge is 2.20. The first-order chi connectivity index (χ1) is 10.3. The molecule has 116 valence electrons. The zero-order valence-electron chi connectivity index (χ0n) is 12.8. The molecule has 1 aromatic rings. The number of piperidine rings is 1. The van der Waals surface area contributed by atoms with Crippen LogP contribution in [0.5, 0.6) is 0 Å². The second kappa shape index (κ2) is 9.05. The normalized spacial score (nSPS) is 19.4. The summed E-state index contributed by atoms with van der Waals surface area (Å²) < 4.78 is 0. The number of pyridine rings is 1. The van der Waals surface area contributed by atoms with E-state index in [9.17, 15) is 4.79 Å². The SMILES string of the molecule is CSCCCN1CCC[C@@H](CNC(=O)c2cccnc2)C1. The maximum atomic E-state index is 12.0. The summed E-state index contributed by atoms with van der Waals surface area (Å²) in [4.78, 5) is 18.5. The van der Waals surface area contributed by atoms with E-state index in [0.717, 1.165) is 13.1 Å². The van der Waals surface area contributed by atoms with Crippen molar-refractivity contribution in [2.75, 3.05) is 38.2 Å². The van der Waals surface area contributed by atoms with Gasteiger partial charge in [0.25, 0.3) is 5.91 Å². The average Bonchev–Trinajstić information content (AvgIpc) is 2.54. The van der Waals surface area contributed by atoms with Gasteiger partial charge >= 0.3 is 0 Å². The third-order valence-electron chi connectivity index (χ3n) is 3.90. The Morgan fingerprint density at radius 2 is 2.48 bits per heavy atom. The lowest BCUT2D eigenvalue weighted by Crippen LogP contribution is -2.41. The third kappa shape index (κ3) is 5.67. The highest BCUT2D eigenvalue weighted by Crippen LogP contribution is 2.16. The first-order valence-corrected chi connectivity index (χ1v) is 9.08. The molecule has 1 aliphatic heterocycles. The Hall–Kier alpha value is -1.07. The highest BCUT2D eigenvalue weighted by atomic mass is 32.2. The smallest absolute Gasteiger partial charge is 0.252 e. The van der Waals surface area contributed by atoms with Gasteiger partial charge in [0, 0.05) is 25.5 Å². The molecule has 0 aromatic carbocycles. The standard InChI is InChI=1S/C16H25N3OS/c1-21-10-4-9-19-8-3-5-14(13-19)11-18-16(20)15-6-2-7-17-12-15/h2,6-7,12,14H,3-5,8-11,13H2,1H3,(H,18,20)/t14-/m0/s1. The summed E-state index contributed by atoms with van der Waals surface area (Å²) in [5.74, 6) is 1.80. The summed E-state index contributed by atoms with van der Waals surface area (Å²) in [6, 6.07) is 3.60. The number of nitrogens with one attached hydrogen (secondary N) is 1. The van der Waals surface area contributed by atoms with Gasteiger partial charge in [0.1, 0.15) is 0 Å². The fourth-order valence-electron chi connectivity index (χ4n) is 2.79. The molecule has 0 bridgehead atoms. The van der Waals surface area contributed by atoms with E-state index in [1.165, 1.54) is 38.1 Å². The van der Waals surface area contributed by atoms with E-state index in [1.54, 1.807) is 24.5 Å². The molecule has 0 saturated carbocycles. The summed E-state index contributed by atoms with van der Waals surface area (Å²) in [6.45, 7) is 4.28. The molecule has 1 fully saturated rings. The van der Waals surface area contributed by atoms with Crippen LogP contribution in [0.25, 0.3) is 0 Å². The van der Waals surface area contributed by atoms with Crippen molar-refractivity contribution in [2.45, 2.75) is 19.3 Å². The van der Waals surface area contributed by atoms with Gasteiger partial charge in [-0.25, -0.2) is 0 Å². The van der Waals surface area contributed by atoms with Crippen LogP contribution >= 0.6 is 11.8 Å². The Kier molecular flexibility index (Phi) is 7.03. The number of rotatable bonds is 7. The molecule has 1 N–H and O–H groups in total. The van der Waals surface area contributed by atoms with Gasteiger partial charge in [0.05, 0.1) is 5.56 Å². The monoisotopic (exact) mass is 307 g/mol. The number of hydrogen-bond donors (Lipinski definition) is 1. The molecule has 0 unspecified atom stereocenters. The summed E-state index contributed by atoms with van der Waals surface area (Å²) >= 11 is 1.91. The molecule has 2 heterocycles. The number of nitrogens with zero attached hydrogens (tertiary/aromatic N) is 2. The summed E-state index contributed by atoms with van der Waals surface area (Å²) in [7, 11) is 0. The molecule has 2 rings (SSSR count). The molecule has 0 aliphatic carbocycles. The van der Waals surface area contributed by atoms with Gasteiger partial charge in [-0.2, -0.15) is 11.8 Å². The van der Waals surface area contributed by atoms with Gasteiger partial charge in [0.2, 0.25) is 0 Å². The fourth-order valence-corrected chi connectivity index (χ4v) is 3.21. The van der Waals surface area contributed by atoms with Crippen molar-refractivity contribution < 1.29 is 4.79 Å². The van der Waals surface area contributed by atoms with Gasteiger partial charge < -0.3 is 10.2 Å². The lowest BCUT2D eigenvalue weighted by atomic mass is 9.98. The van der Waals surface area contributed by atoms with Crippen LogP contribution in [-0.4, -0.2) is 54.0 Å². The fraction of sp³-hybridized carbons (Fsp3) is 0.625. The van der Waals surface area contributed by atoms with Gasteiger partial charge in [-0.3, -0.25) is 9.78 Å². The predicted molar refractivity (Wildman–Crippen MR) is 88.7 cm³/mol. The molecule has 4 nitrogen and oxygen atoms in total. The quantitative estimate of drug-likeness (QED) is 0.785. The average molecular weight is 307 g/mol. The Balaban J connectivity index is 1.71. The van der Waals surface area contributed by atoms with Crippen LogP contribution in [0.15, 0.2) is 24.5 Å². The van der Waals surface area contributed by atoms with E-state index in [0.29, 0.717) is 11.5 Å². The molecule has 21 heavy (non-hydrogen) atoms. The third-order valence-corrected chi connectivity index (χ3v) is 4.60. The Labute approximate surface area is 131 Å². The van der Waals surface area contributed by atoms with Crippen molar-refractivity contribution in [3.63, 3.8) is 0 Å². The Bertz CT molecular complexity index is 427. The summed E-state index contributed by atoms with van der Waals surface area (Å²) in [5.41, 5.74) is 0.644. The number of amides is 1. The van der Waals surface area contributed by atoms with Crippen molar-refractivity contribution in [2.24, 2.45) is 5.92 Å². The van der Waals surface area contributed by atoms with Crippen LogP contribution in [0.1, 0.15) is 29.6 Å². The first kappa shape index (κ1) is 16.3. The van der Waals surface area contributed by atoms with Gasteiger partial charge in [-0.05, 0) is 62.4 Å². The van der Waals surface area contributed by atoms with Crippen LogP contribution in [0.2, 0.25) is 0 Å². The number of carbonyl (C=O) groups excluding carboxylic acids is 1. The second-order valence-electron chi connectivity index (χ2n) is 5.61. The minimum absolute atomic E-state index is 0.0115. The van der Waals surface area contributed by atoms with E-state index in [1.807, 2.05) is 11.8 Å². The van der Waals surface area contributed by atoms with Crippen molar-refractivity contribution in [1.82, 2.24) is 15.2 Å². The van der Waals surface area contributed by atoms with Crippen LogP contribution in [0.3, 0.4) is 0 Å². The second-order valence-corrected chi connectivity index (χ2v) is 6.59. The molecule has 1 saturated heterocycles. The Morgan fingerprint density at radius 3 is 3.24 bits per heavy atom. The highest BCUT2D eigenvalue weighted by molar-refractivity contribution is 7.98. The molecule has 1 aliphatic rings.